The van der Waals surface area contributed by atoms with E-state index in [2.05, 4.69) is 131 Å². The average Bonchev–Trinajstić information content (AvgIpc) is 3.02. The molecule has 3 nitrogen and oxygen atoms in total. The molecule has 0 amide bonds. The zero-order valence-electron chi connectivity index (χ0n) is 25.5. The van der Waals surface area contributed by atoms with Crippen LogP contribution >= 0.6 is 0 Å². The van der Waals surface area contributed by atoms with Gasteiger partial charge in [0, 0.05) is 28.9 Å². The molecular weight excluding hydrogens is 504 g/mol. The second-order valence-corrected chi connectivity index (χ2v) is 11.8. The third kappa shape index (κ3) is 7.87. The number of aliphatic hydroxyl groups excluding tert-OH is 1. The molecule has 4 aromatic carbocycles. The molecule has 3 heteroatoms. The third-order valence-corrected chi connectivity index (χ3v) is 8.44. The minimum absolute atomic E-state index is 0.100. The maximum absolute atomic E-state index is 10.9. The van der Waals surface area contributed by atoms with Gasteiger partial charge in [0.15, 0.2) is 0 Å². The molecule has 0 aliphatic heterocycles. The topological polar surface area (TPSA) is 38.7 Å². The van der Waals surface area contributed by atoms with Gasteiger partial charge in [-0.1, -0.05) is 131 Å². The summed E-state index contributed by atoms with van der Waals surface area (Å²) in [6, 6.07) is 36.5. The van der Waals surface area contributed by atoms with E-state index < -0.39 is 6.10 Å². The van der Waals surface area contributed by atoms with Crippen LogP contribution in [0.1, 0.15) is 99.1 Å². The molecule has 0 fully saturated rings. The third-order valence-electron chi connectivity index (χ3n) is 8.44. The fourth-order valence-electron chi connectivity index (χ4n) is 5.19. The molecule has 0 saturated heterocycles. The molecule has 4 unspecified atom stereocenters. The van der Waals surface area contributed by atoms with E-state index >= 15 is 0 Å². The van der Waals surface area contributed by atoms with E-state index in [1.54, 1.807) is 0 Å². The van der Waals surface area contributed by atoms with E-state index in [9.17, 15) is 5.11 Å². The molecular formula is C38H46O3. The second-order valence-electron chi connectivity index (χ2n) is 11.8. The Bertz CT molecular complexity index is 1280. The molecule has 0 bridgehead atoms. The van der Waals surface area contributed by atoms with E-state index in [0.717, 1.165) is 23.3 Å². The van der Waals surface area contributed by atoms with Crippen molar-refractivity contribution in [2.75, 3.05) is 13.2 Å². The van der Waals surface area contributed by atoms with Crippen molar-refractivity contribution in [3.8, 4) is 5.75 Å². The van der Waals surface area contributed by atoms with Gasteiger partial charge in [0.2, 0.25) is 0 Å². The quantitative estimate of drug-likeness (QED) is 0.180. The van der Waals surface area contributed by atoms with E-state index in [-0.39, 0.29) is 36.6 Å². The van der Waals surface area contributed by atoms with Crippen molar-refractivity contribution in [1.82, 2.24) is 0 Å². The summed E-state index contributed by atoms with van der Waals surface area (Å²) in [7, 11) is 0. The molecule has 0 heterocycles. The lowest BCUT2D eigenvalue weighted by molar-refractivity contribution is -0.0696. The Morgan fingerprint density at radius 3 is 1.44 bits per heavy atom. The molecule has 216 valence electrons. The van der Waals surface area contributed by atoms with Gasteiger partial charge in [0.1, 0.15) is 18.5 Å². The molecule has 0 spiro atoms. The summed E-state index contributed by atoms with van der Waals surface area (Å²) < 4.78 is 12.6. The van der Waals surface area contributed by atoms with Crippen molar-refractivity contribution in [3.05, 3.63) is 137 Å². The molecule has 1 N–H and O–H groups in total. The number of aliphatic hydroxyl groups is 1. The van der Waals surface area contributed by atoms with E-state index in [1.165, 1.54) is 22.3 Å². The lowest BCUT2D eigenvalue weighted by Crippen LogP contribution is -2.31. The van der Waals surface area contributed by atoms with Gasteiger partial charge in [-0.05, 0) is 42.5 Å². The minimum atomic E-state index is -0.733. The van der Waals surface area contributed by atoms with Gasteiger partial charge in [-0.2, -0.15) is 0 Å². The lowest BCUT2D eigenvalue weighted by atomic mass is 9.81. The summed E-state index contributed by atoms with van der Waals surface area (Å²) in [5, 5.41) is 10.9. The summed E-state index contributed by atoms with van der Waals surface area (Å²) in [5.74, 6) is 1.27. The van der Waals surface area contributed by atoms with Crippen molar-refractivity contribution < 1.29 is 14.6 Å². The molecule has 4 aromatic rings. The van der Waals surface area contributed by atoms with Gasteiger partial charge < -0.3 is 14.6 Å². The molecule has 0 radical (unpaired) electrons. The number of hydrogen-bond acceptors (Lipinski definition) is 3. The summed E-state index contributed by atoms with van der Waals surface area (Å²) in [6.45, 7) is 13.3. The number of hydrogen-bond donors (Lipinski definition) is 1. The van der Waals surface area contributed by atoms with Crippen LogP contribution in [0.15, 0.2) is 103 Å². The molecule has 0 aliphatic carbocycles. The first-order chi connectivity index (χ1) is 19.7. The van der Waals surface area contributed by atoms with E-state index in [4.69, 9.17) is 9.47 Å². The predicted molar refractivity (Wildman–Crippen MR) is 170 cm³/mol. The largest absolute Gasteiger partial charge is 0.490 e. The van der Waals surface area contributed by atoms with Crippen LogP contribution in [-0.4, -0.2) is 30.0 Å². The number of benzene rings is 4. The van der Waals surface area contributed by atoms with Crippen molar-refractivity contribution in [3.63, 3.8) is 0 Å². The predicted octanol–water partition coefficient (Wildman–Crippen LogP) is 9.09. The van der Waals surface area contributed by atoms with Crippen molar-refractivity contribution in [2.45, 2.75) is 77.4 Å². The van der Waals surface area contributed by atoms with Gasteiger partial charge in [0.25, 0.3) is 0 Å². The van der Waals surface area contributed by atoms with Crippen LogP contribution in [0.2, 0.25) is 0 Å². The Morgan fingerprint density at radius 2 is 1.02 bits per heavy atom. The van der Waals surface area contributed by atoms with Crippen LogP contribution in [0.5, 0.6) is 5.75 Å². The molecule has 0 aromatic heterocycles. The smallest absolute Gasteiger partial charge is 0.127 e. The van der Waals surface area contributed by atoms with Crippen molar-refractivity contribution in [1.29, 1.82) is 0 Å². The van der Waals surface area contributed by atoms with E-state index in [1.807, 2.05) is 13.8 Å². The first-order valence-corrected chi connectivity index (χ1v) is 15.0. The molecule has 4 atom stereocenters. The Kier molecular flexibility index (Phi) is 10.4. The standard InChI is InChI=1S/C38H46O3/c1-7-38(5,6)41-26-34(39)25-40-37-35(28(3)31-19-13-9-14-20-31)23-33(27(2)30-17-11-8-12-18-30)24-36(37)29(4)32-21-15-10-16-22-32/h8-24,27-29,34,39H,7,25-26H2,1-6H3. The molecule has 0 aliphatic rings. The fourth-order valence-corrected chi connectivity index (χ4v) is 5.19. The highest BCUT2D eigenvalue weighted by Gasteiger charge is 2.26. The fraction of sp³-hybridized carbons (Fsp3) is 0.368. The van der Waals surface area contributed by atoms with Gasteiger partial charge >= 0.3 is 0 Å². The Hall–Kier alpha value is -3.40. The van der Waals surface area contributed by atoms with Crippen molar-refractivity contribution in [2.24, 2.45) is 0 Å². The first kappa shape index (κ1) is 30.6. The Labute approximate surface area is 247 Å². The summed E-state index contributed by atoms with van der Waals surface area (Å²) in [6.07, 6.45) is 0.141. The van der Waals surface area contributed by atoms with Crippen LogP contribution < -0.4 is 4.74 Å². The van der Waals surface area contributed by atoms with Crippen LogP contribution in [0.25, 0.3) is 0 Å². The zero-order chi connectivity index (χ0) is 29.4. The summed E-state index contributed by atoms with van der Waals surface area (Å²) in [4.78, 5) is 0. The van der Waals surface area contributed by atoms with Gasteiger partial charge in [-0.3, -0.25) is 0 Å². The normalized spacial score (nSPS) is 14.7. The highest BCUT2D eigenvalue weighted by atomic mass is 16.5. The average molecular weight is 551 g/mol. The van der Waals surface area contributed by atoms with Crippen LogP contribution in [0.3, 0.4) is 0 Å². The minimum Gasteiger partial charge on any atom is -0.490 e. The monoisotopic (exact) mass is 550 g/mol. The zero-order valence-corrected chi connectivity index (χ0v) is 25.5. The Balaban J connectivity index is 1.81. The van der Waals surface area contributed by atoms with Gasteiger partial charge in [-0.15, -0.1) is 0 Å². The lowest BCUT2D eigenvalue weighted by Gasteiger charge is -2.28. The van der Waals surface area contributed by atoms with Crippen LogP contribution in [0, 0.1) is 0 Å². The summed E-state index contributed by atoms with van der Waals surface area (Å²) in [5.41, 5.74) is 6.99. The van der Waals surface area contributed by atoms with Crippen LogP contribution in [-0.2, 0) is 4.74 Å². The molecule has 0 saturated carbocycles. The van der Waals surface area contributed by atoms with Gasteiger partial charge in [0.05, 0.1) is 12.2 Å². The highest BCUT2D eigenvalue weighted by molar-refractivity contribution is 5.54. The number of ether oxygens (including phenoxy) is 2. The second kappa shape index (κ2) is 14.0. The van der Waals surface area contributed by atoms with Crippen molar-refractivity contribution >= 4 is 0 Å². The van der Waals surface area contributed by atoms with E-state index in [0.29, 0.717) is 0 Å². The SMILES string of the molecule is CCC(C)(C)OCC(O)COc1c(C(C)c2ccccc2)cc(C(C)c2ccccc2)cc1C(C)c1ccccc1. The number of rotatable bonds is 13. The van der Waals surface area contributed by atoms with Gasteiger partial charge in [-0.25, -0.2) is 0 Å². The Morgan fingerprint density at radius 1 is 0.610 bits per heavy atom. The first-order valence-electron chi connectivity index (χ1n) is 15.0. The molecule has 4 rings (SSSR count). The molecule has 41 heavy (non-hydrogen) atoms. The highest BCUT2D eigenvalue weighted by Crippen LogP contribution is 2.42. The maximum Gasteiger partial charge on any atom is 0.127 e. The maximum atomic E-state index is 10.9. The van der Waals surface area contributed by atoms with Crippen LogP contribution in [0.4, 0.5) is 0 Å². The summed E-state index contributed by atoms with van der Waals surface area (Å²) >= 11 is 0.